The van der Waals surface area contributed by atoms with E-state index in [1.807, 2.05) is 6.92 Å². The lowest BCUT2D eigenvalue weighted by Crippen LogP contribution is -2.48. The van der Waals surface area contributed by atoms with Gasteiger partial charge in [-0.25, -0.2) is 14.4 Å². The molecule has 30 heavy (non-hydrogen) atoms. The van der Waals surface area contributed by atoms with Gasteiger partial charge < -0.3 is 25.3 Å². The summed E-state index contributed by atoms with van der Waals surface area (Å²) in [6, 6.07) is 6.84. The van der Waals surface area contributed by atoms with Crippen LogP contribution in [0.1, 0.15) is 46.1 Å². The van der Waals surface area contributed by atoms with Crippen molar-refractivity contribution >= 4 is 23.6 Å². The topological polar surface area (TPSA) is 117 Å². The molecule has 8 heteroatoms. The average Bonchev–Trinajstić information content (AvgIpc) is 2.94. The van der Waals surface area contributed by atoms with Gasteiger partial charge in [0.1, 0.15) is 22.7 Å². The van der Waals surface area contributed by atoms with Crippen molar-refractivity contribution in [2.75, 3.05) is 11.9 Å². The second kappa shape index (κ2) is 8.22. The van der Waals surface area contributed by atoms with E-state index in [-0.39, 0.29) is 29.3 Å². The van der Waals surface area contributed by atoms with E-state index in [4.69, 9.17) is 19.9 Å². The fraction of sp³-hybridized carbons (Fsp3) is 0.409. The number of carbonyl (C=O) groups is 3. The maximum absolute atomic E-state index is 13.5. The summed E-state index contributed by atoms with van der Waals surface area (Å²) in [6.45, 7) is 7.02. The molecule has 0 bridgehead atoms. The van der Waals surface area contributed by atoms with Gasteiger partial charge in [-0.1, -0.05) is 25.1 Å². The molecular formula is C22H26N2O6. The molecule has 0 saturated carbocycles. The summed E-state index contributed by atoms with van der Waals surface area (Å²) in [5.74, 6) is -2.20. The number of hydrogen-bond acceptors (Lipinski definition) is 8. The summed E-state index contributed by atoms with van der Waals surface area (Å²) >= 11 is 0. The van der Waals surface area contributed by atoms with Crippen LogP contribution in [0.3, 0.4) is 0 Å². The van der Waals surface area contributed by atoms with E-state index in [2.05, 4.69) is 5.32 Å². The Labute approximate surface area is 175 Å². The van der Waals surface area contributed by atoms with E-state index in [0.717, 1.165) is 0 Å². The molecule has 2 aliphatic rings. The normalized spacial score (nSPS) is 20.2. The quantitative estimate of drug-likeness (QED) is 0.539. The molecule has 2 aliphatic heterocycles. The third kappa shape index (κ3) is 3.22. The SMILES string of the molecule is CCCC1=C(C(=O)OCC)[C@]2(C(=O)O1)C(C(=O)OC(C)C)=C(N)Nc1ccccc12. The molecule has 0 amide bonds. The predicted molar refractivity (Wildman–Crippen MR) is 109 cm³/mol. The minimum atomic E-state index is -1.87. The van der Waals surface area contributed by atoms with Crippen molar-refractivity contribution < 1.29 is 28.6 Å². The lowest BCUT2D eigenvalue weighted by atomic mass is 9.66. The molecule has 1 atom stereocenters. The molecule has 8 nitrogen and oxygen atoms in total. The van der Waals surface area contributed by atoms with E-state index in [9.17, 15) is 14.4 Å². The number of anilines is 1. The van der Waals surface area contributed by atoms with Crippen LogP contribution in [0, 0.1) is 0 Å². The Bertz CT molecular complexity index is 962. The van der Waals surface area contributed by atoms with Gasteiger partial charge in [0, 0.05) is 17.7 Å². The lowest BCUT2D eigenvalue weighted by molar-refractivity contribution is -0.149. The number of allylic oxidation sites excluding steroid dienone is 1. The van der Waals surface area contributed by atoms with Crippen LogP contribution in [0.2, 0.25) is 0 Å². The average molecular weight is 414 g/mol. The van der Waals surface area contributed by atoms with E-state index in [1.165, 1.54) is 0 Å². The van der Waals surface area contributed by atoms with Crippen LogP contribution in [0.5, 0.6) is 0 Å². The molecule has 3 rings (SSSR count). The molecule has 0 aliphatic carbocycles. The second-order valence-electron chi connectivity index (χ2n) is 7.32. The molecule has 0 saturated heterocycles. The third-order valence-electron chi connectivity index (χ3n) is 4.92. The molecule has 2 heterocycles. The van der Waals surface area contributed by atoms with Crippen molar-refractivity contribution in [1.82, 2.24) is 0 Å². The number of nitrogens with two attached hydrogens (primary N) is 1. The predicted octanol–water partition coefficient (Wildman–Crippen LogP) is 2.65. The third-order valence-corrected chi connectivity index (χ3v) is 4.92. The molecule has 1 aromatic carbocycles. The zero-order valence-electron chi connectivity index (χ0n) is 17.5. The Kier molecular flexibility index (Phi) is 5.87. The monoisotopic (exact) mass is 414 g/mol. The van der Waals surface area contributed by atoms with Crippen molar-refractivity contribution in [2.45, 2.75) is 52.1 Å². The Hall–Kier alpha value is -3.29. The highest BCUT2D eigenvalue weighted by Crippen LogP contribution is 2.53. The molecule has 1 spiro atoms. The zero-order chi connectivity index (χ0) is 22.1. The summed E-state index contributed by atoms with van der Waals surface area (Å²) in [5, 5.41) is 2.95. The highest BCUT2D eigenvalue weighted by molar-refractivity contribution is 6.16. The molecule has 0 aromatic heterocycles. The van der Waals surface area contributed by atoms with Gasteiger partial charge in [0.15, 0.2) is 5.41 Å². The van der Waals surface area contributed by atoms with E-state index in [0.29, 0.717) is 24.1 Å². The van der Waals surface area contributed by atoms with Crippen molar-refractivity contribution in [3.63, 3.8) is 0 Å². The molecule has 160 valence electrons. The number of hydrogen-bond donors (Lipinski definition) is 2. The van der Waals surface area contributed by atoms with Crippen LogP contribution in [0.4, 0.5) is 5.69 Å². The van der Waals surface area contributed by atoms with Crippen LogP contribution in [-0.2, 0) is 34.0 Å². The highest BCUT2D eigenvalue weighted by Gasteiger charge is 2.63. The number of cyclic esters (lactones) is 1. The number of benzene rings is 1. The number of rotatable bonds is 6. The van der Waals surface area contributed by atoms with Crippen molar-refractivity contribution in [3.05, 3.63) is 52.6 Å². The van der Waals surface area contributed by atoms with Gasteiger partial charge in [0.25, 0.3) is 0 Å². The Morgan fingerprint density at radius 2 is 1.87 bits per heavy atom. The fourth-order valence-electron chi connectivity index (χ4n) is 3.90. The first-order chi connectivity index (χ1) is 14.3. The number of carbonyl (C=O) groups excluding carboxylic acids is 3. The van der Waals surface area contributed by atoms with Gasteiger partial charge in [-0.15, -0.1) is 0 Å². The van der Waals surface area contributed by atoms with Gasteiger partial charge in [-0.3, -0.25) is 0 Å². The number of ether oxygens (including phenoxy) is 3. The van der Waals surface area contributed by atoms with Crippen LogP contribution >= 0.6 is 0 Å². The van der Waals surface area contributed by atoms with E-state index in [1.54, 1.807) is 45.0 Å². The van der Waals surface area contributed by atoms with Crippen LogP contribution < -0.4 is 11.1 Å². The summed E-state index contributed by atoms with van der Waals surface area (Å²) < 4.78 is 16.2. The fourth-order valence-corrected chi connectivity index (χ4v) is 3.90. The van der Waals surface area contributed by atoms with Crippen molar-refractivity contribution in [2.24, 2.45) is 5.73 Å². The van der Waals surface area contributed by atoms with Gasteiger partial charge in [-0.05, 0) is 33.3 Å². The first-order valence-corrected chi connectivity index (χ1v) is 9.99. The highest BCUT2D eigenvalue weighted by atomic mass is 16.6. The van der Waals surface area contributed by atoms with Crippen LogP contribution in [0.15, 0.2) is 47.0 Å². The van der Waals surface area contributed by atoms with Crippen LogP contribution in [-0.4, -0.2) is 30.6 Å². The summed E-state index contributed by atoms with van der Waals surface area (Å²) in [6.07, 6.45) is 0.477. The number of para-hydroxylation sites is 1. The summed E-state index contributed by atoms with van der Waals surface area (Å²) in [5.41, 5.74) is 5.04. The lowest BCUT2D eigenvalue weighted by Gasteiger charge is -2.36. The van der Waals surface area contributed by atoms with Gasteiger partial charge >= 0.3 is 17.9 Å². The van der Waals surface area contributed by atoms with Gasteiger partial charge in [0.05, 0.1) is 12.7 Å². The minimum absolute atomic E-state index is 0.0243. The maximum atomic E-state index is 13.5. The first kappa shape index (κ1) is 21.4. The Morgan fingerprint density at radius 1 is 1.17 bits per heavy atom. The zero-order valence-corrected chi connectivity index (χ0v) is 17.5. The van der Waals surface area contributed by atoms with Crippen molar-refractivity contribution in [1.29, 1.82) is 0 Å². The smallest absolute Gasteiger partial charge is 0.339 e. The molecule has 1 aromatic rings. The molecule has 3 N–H and O–H groups in total. The molecular weight excluding hydrogens is 388 g/mol. The summed E-state index contributed by atoms with van der Waals surface area (Å²) in [4.78, 5) is 39.7. The summed E-state index contributed by atoms with van der Waals surface area (Å²) in [7, 11) is 0. The molecule has 0 unspecified atom stereocenters. The largest absolute Gasteiger partial charge is 0.462 e. The minimum Gasteiger partial charge on any atom is -0.462 e. The van der Waals surface area contributed by atoms with Crippen molar-refractivity contribution in [3.8, 4) is 0 Å². The van der Waals surface area contributed by atoms with E-state index >= 15 is 0 Å². The van der Waals surface area contributed by atoms with Gasteiger partial charge in [-0.2, -0.15) is 0 Å². The molecule has 0 radical (unpaired) electrons. The Morgan fingerprint density at radius 3 is 2.50 bits per heavy atom. The molecule has 0 fully saturated rings. The second-order valence-corrected chi connectivity index (χ2v) is 7.32. The van der Waals surface area contributed by atoms with Crippen LogP contribution in [0.25, 0.3) is 0 Å². The number of nitrogens with one attached hydrogen (secondary N) is 1. The standard InChI is InChI=1S/C22H26N2O6/c1-5-9-15-16(19(25)28-6-2)22(21(27)30-15)13-10-7-8-11-14(13)24-18(23)17(22)20(26)29-12(3)4/h7-8,10-12,24H,5-6,9,23H2,1-4H3/t22-/m0/s1. The maximum Gasteiger partial charge on any atom is 0.339 e. The number of esters is 3. The number of fused-ring (bicyclic) bond motifs is 2. The van der Waals surface area contributed by atoms with Gasteiger partial charge in [0.2, 0.25) is 0 Å². The van der Waals surface area contributed by atoms with E-state index < -0.39 is 29.4 Å². The first-order valence-electron chi connectivity index (χ1n) is 9.99. The Balaban J connectivity index is 2.38.